The number of fused-ring (bicyclic) bond motifs is 1. The molecule has 4 rings (SSSR count). The monoisotopic (exact) mass is 457 g/mol. The lowest BCUT2D eigenvalue weighted by molar-refractivity contribution is -0.159. The van der Waals surface area contributed by atoms with Gasteiger partial charge in [-0.3, -0.25) is 4.79 Å². The van der Waals surface area contributed by atoms with Gasteiger partial charge in [-0.15, -0.1) is 0 Å². The topological polar surface area (TPSA) is 68.5 Å². The summed E-state index contributed by atoms with van der Waals surface area (Å²) in [4.78, 5) is 17.6. The fraction of sp³-hybridized carbons (Fsp3) is 0.250. The fourth-order valence-electron chi connectivity index (χ4n) is 3.45. The Morgan fingerprint density at radius 2 is 1.91 bits per heavy atom. The van der Waals surface area contributed by atoms with Crippen molar-refractivity contribution in [3.05, 3.63) is 64.8 Å². The maximum atomic E-state index is 13.5. The van der Waals surface area contributed by atoms with Crippen molar-refractivity contribution in [2.75, 3.05) is 0 Å². The van der Waals surface area contributed by atoms with Gasteiger partial charge in [-0.2, -0.15) is 26.9 Å². The zero-order valence-corrected chi connectivity index (χ0v) is 16.2. The third-order valence-electron chi connectivity index (χ3n) is 4.98. The van der Waals surface area contributed by atoms with Crippen molar-refractivity contribution in [2.24, 2.45) is 0 Å². The van der Waals surface area contributed by atoms with E-state index in [4.69, 9.17) is 0 Å². The second kappa shape index (κ2) is 7.84. The minimum absolute atomic E-state index is 0.0984. The van der Waals surface area contributed by atoms with Crippen molar-refractivity contribution in [2.45, 2.75) is 32.3 Å². The van der Waals surface area contributed by atoms with Crippen LogP contribution in [0.25, 0.3) is 11.4 Å². The summed E-state index contributed by atoms with van der Waals surface area (Å²) in [5.41, 5.74) is 1.05. The number of alkyl halides is 5. The molecule has 1 aromatic heterocycles. The Morgan fingerprint density at radius 1 is 1.16 bits per heavy atom. The van der Waals surface area contributed by atoms with Crippen LogP contribution in [0.2, 0.25) is 0 Å². The van der Waals surface area contributed by atoms with E-state index in [2.05, 4.69) is 19.4 Å². The van der Waals surface area contributed by atoms with Crippen LogP contribution in [0.3, 0.4) is 0 Å². The molecule has 1 aliphatic heterocycles. The van der Waals surface area contributed by atoms with Crippen molar-refractivity contribution in [1.82, 2.24) is 15.0 Å². The largest absolute Gasteiger partial charge is 0.471 e. The number of hydrogen-bond acceptors (Lipinski definition) is 5. The van der Waals surface area contributed by atoms with Gasteiger partial charge in [0.2, 0.25) is 5.82 Å². The molecule has 0 N–H and O–H groups in total. The van der Waals surface area contributed by atoms with E-state index in [1.165, 1.54) is 29.2 Å². The number of carbonyl (C=O) groups is 1. The van der Waals surface area contributed by atoms with Gasteiger partial charge in [0.15, 0.2) is 0 Å². The molecule has 2 aromatic carbocycles. The predicted molar refractivity (Wildman–Crippen MR) is 96.1 cm³/mol. The first kappa shape index (κ1) is 21.7. The van der Waals surface area contributed by atoms with Gasteiger partial charge in [-0.05, 0) is 24.6 Å². The Morgan fingerprint density at radius 3 is 2.56 bits per heavy atom. The summed E-state index contributed by atoms with van der Waals surface area (Å²) >= 11 is 0. The highest BCUT2D eigenvalue weighted by molar-refractivity contribution is 5.99. The van der Waals surface area contributed by atoms with Crippen LogP contribution in [0, 0.1) is 5.82 Å². The number of hydrogen-bond donors (Lipinski definition) is 0. The molecule has 2 heterocycles. The van der Waals surface area contributed by atoms with E-state index in [-0.39, 0.29) is 29.1 Å². The van der Waals surface area contributed by atoms with E-state index in [0.717, 1.165) is 12.1 Å². The van der Waals surface area contributed by atoms with Crippen LogP contribution in [-0.2, 0) is 12.7 Å². The molecule has 1 amide bonds. The van der Waals surface area contributed by atoms with Gasteiger partial charge in [0, 0.05) is 29.3 Å². The van der Waals surface area contributed by atoms with Gasteiger partial charge in [0.25, 0.3) is 5.91 Å². The molecule has 12 heteroatoms. The van der Waals surface area contributed by atoms with Gasteiger partial charge in [0.05, 0.1) is 6.04 Å². The SMILES string of the molecule is C[C@@H](c1ccc(F)cc1OC(F)F)N1Cc2ccc(-c3noc(C(F)(F)F)n3)cc2C1=O. The summed E-state index contributed by atoms with van der Waals surface area (Å²) in [6.07, 6.45) is -4.81. The number of benzene rings is 2. The van der Waals surface area contributed by atoms with E-state index in [1.54, 1.807) is 6.92 Å². The first-order chi connectivity index (χ1) is 15.0. The summed E-state index contributed by atoms with van der Waals surface area (Å²) in [7, 11) is 0. The van der Waals surface area contributed by atoms with E-state index in [0.29, 0.717) is 5.56 Å². The standard InChI is InChI=1S/C20H13F6N3O3/c1-9(13-5-4-12(21)7-15(13)31-19(22)23)29-8-11-3-2-10(6-14(11)17(29)30)16-27-18(32-28-16)20(24,25)26/h2-7,9,19H,8H2,1H3/t9-/m0/s1. The summed E-state index contributed by atoms with van der Waals surface area (Å²) in [6, 6.07) is 6.64. The number of rotatable bonds is 5. The fourth-order valence-corrected chi connectivity index (χ4v) is 3.45. The number of aromatic nitrogens is 2. The normalized spacial score (nSPS) is 14.8. The number of carbonyl (C=O) groups excluding carboxylic acids is 1. The average Bonchev–Trinajstić information content (AvgIpc) is 3.32. The van der Waals surface area contributed by atoms with Crippen molar-refractivity contribution in [3.8, 4) is 17.1 Å². The Labute approximate surface area is 176 Å². The number of halogens is 6. The summed E-state index contributed by atoms with van der Waals surface area (Å²) in [5.74, 6) is -3.54. The maximum Gasteiger partial charge on any atom is 0.471 e. The highest BCUT2D eigenvalue weighted by Gasteiger charge is 2.39. The summed E-state index contributed by atoms with van der Waals surface area (Å²) in [6.45, 7) is -1.53. The third-order valence-corrected chi connectivity index (χ3v) is 4.98. The highest BCUT2D eigenvalue weighted by Crippen LogP contribution is 2.37. The van der Waals surface area contributed by atoms with Gasteiger partial charge in [0.1, 0.15) is 11.6 Å². The average molecular weight is 457 g/mol. The van der Waals surface area contributed by atoms with Crippen molar-refractivity contribution < 1.29 is 40.4 Å². The molecule has 0 aliphatic carbocycles. The lowest BCUT2D eigenvalue weighted by Crippen LogP contribution is -2.27. The minimum Gasteiger partial charge on any atom is -0.434 e. The molecule has 0 saturated heterocycles. The van der Waals surface area contributed by atoms with Crippen LogP contribution >= 0.6 is 0 Å². The molecule has 168 valence electrons. The second-order valence-corrected chi connectivity index (χ2v) is 6.96. The quantitative estimate of drug-likeness (QED) is 0.492. The Balaban J connectivity index is 1.62. The zero-order valence-electron chi connectivity index (χ0n) is 16.2. The van der Waals surface area contributed by atoms with Crippen LogP contribution in [0.5, 0.6) is 5.75 Å². The van der Waals surface area contributed by atoms with Crippen LogP contribution in [0.4, 0.5) is 26.3 Å². The van der Waals surface area contributed by atoms with Gasteiger partial charge in [-0.25, -0.2) is 4.39 Å². The van der Waals surface area contributed by atoms with E-state index in [9.17, 15) is 31.1 Å². The Kier molecular flexibility index (Phi) is 5.31. The highest BCUT2D eigenvalue weighted by atomic mass is 19.4. The molecule has 1 aliphatic rings. The first-order valence-corrected chi connectivity index (χ1v) is 9.14. The van der Waals surface area contributed by atoms with E-state index < -0.39 is 42.2 Å². The van der Waals surface area contributed by atoms with Gasteiger partial charge in [-0.1, -0.05) is 23.4 Å². The van der Waals surface area contributed by atoms with Crippen LogP contribution in [-0.4, -0.2) is 27.6 Å². The molecule has 0 unspecified atom stereocenters. The molecular weight excluding hydrogens is 444 g/mol. The minimum atomic E-state index is -4.81. The number of ether oxygens (including phenoxy) is 1. The molecular formula is C20H13F6N3O3. The molecule has 0 spiro atoms. The summed E-state index contributed by atoms with van der Waals surface area (Å²) in [5, 5.41) is 3.30. The van der Waals surface area contributed by atoms with Crippen LogP contribution in [0.15, 0.2) is 40.9 Å². The van der Waals surface area contributed by atoms with E-state index in [1.807, 2.05) is 0 Å². The lowest BCUT2D eigenvalue weighted by atomic mass is 10.1. The third kappa shape index (κ3) is 3.99. The second-order valence-electron chi connectivity index (χ2n) is 6.96. The molecule has 6 nitrogen and oxygen atoms in total. The van der Waals surface area contributed by atoms with Gasteiger partial charge < -0.3 is 14.2 Å². The molecule has 0 bridgehead atoms. The molecule has 32 heavy (non-hydrogen) atoms. The molecule has 0 fully saturated rings. The number of nitrogens with zero attached hydrogens (tertiary/aromatic N) is 3. The molecule has 0 radical (unpaired) electrons. The van der Waals surface area contributed by atoms with Crippen molar-refractivity contribution in [3.63, 3.8) is 0 Å². The van der Waals surface area contributed by atoms with Crippen molar-refractivity contribution >= 4 is 5.91 Å². The summed E-state index contributed by atoms with van der Waals surface area (Å²) < 4.78 is 85.7. The van der Waals surface area contributed by atoms with Crippen LogP contribution < -0.4 is 4.74 Å². The zero-order chi connectivity index (χ0) is 23.2. The predicted octanol–water partition coefficient (Wildman–Crippen LogP) is 5.21. The molecule has 3 aromatic rings. The molecule has 1 atom stereocenters. The van der Waals surface area contributed by atoms with Crippen molar-refractivity contribution in [1.29, 1.82) is 0 Å². The smallest absolute Gasteiger partial charge is 0.434 e. The maximum absolute atomic E-state index is 13.5. The van der Waals surface area contributed by atoms with Gasteiger partial charge >= 0.3 is 18.7 Å². The first-order valence-electron chi connectivity index (χ1n) is 9.14. The van der Waals surface area contributed by atoms with Crippen LogP contribution in [0.1, 0.15) is 40.3 Å². The van der Waals surface area contributed by atoms with E-state index >= 15 is 0 Å². The lowest BCUT2D eigenvalue weighted by Gasteiger charge is -2.26. The Hall–Kier alpha value is -3.57. The molecule has 0 saturated carbocycles. The Bertz CT molecular complexity index is 1180. The number of amides is 1.